The number of carbonyl (C=O) groups is 1. The molecule has 0 bridgehead atoms. The summed E-state index contributed by atoms with van der Waals surface area (Å²) in [7, 11) is -3.76. The minimum atomic E-state index is -4.61. The van der Waals surface area contributed by atoms with Crippen molar-refractivity contribution in [3.8, 4) is 11.6 Å². The molecule has 0 radical (unpaired) electrons. The lowest BCUT2D eigenvalue weighted by Crippen LogP contribution is -2.55. The number of fused-ring (bicyclic) bond motifs is 1. The first-order chi connectivity index (χ1) is 20.7. The van der Waals surface area contributed by atoms with Crippen molar-refractivity contribution >= 4 is 30.8 Å². The molecular weight excluding hydrogens is 605 g/mol. The molecule has 244 valence electrons. The first-order valence-corrected chi connectivity index (χ1v) is 15.5. The zero-order chi connectivity index (χ0) is 32.7. The summed E-state index contributed by atoms with van der Waals surface area (Å²) in [5.41, 5.74) is 5.55. The van der Waals surface area contributed by atoms with E-state index in [1.807, 2.05) is 13.8 Å². The fourth-order valence-electron chi connectivity index (χ4n) is 4.12. The van der Waals surface area contributed by atoms with Crippen molar-refractivity contribution in [2.75, 3.05) is 26.1 Å². The minimum absolute atomic E-state index is 0.00877. The summed E-state index contributed by atoms with van der Waals surface area (Å²) in [6, 6.07) is 6.50. The van der Waals surface area contributed by atoms with Crippen LogP contribution in [0.25, 0.3) is 11.2 Å². The van der Waals surface area contributed by atoms with Gasteiger partial charge in [0.05, 0.1) is 12.9 Å². The largest absolute Gasteiger partial charge is 0.476 e. The van der Waals surface area contributed by atoms with Crippen LogP contribution in [0.1, 0.15) is 47.5 Å². The Morgan fingerprint density at radius 3 is 2.43 bits per heavy atom. The summed E-state index contributed by atoms with van der Waals surface area (Å²) >= 11 is 0. The molecule has 0 saturated carbocycles. The van der Waals surface area contributed by atoms with E-state index in [0.29, 0.717) is 12.8 Å². The number of esters is 1. The molecule has 4 N–H and O–H groups in total. The van der Waals surface area contributed by atoms with E-state index >= 15 is 8.78 Å². The van der Waals surface area contributed by atoms with Crippen molar-refractivity contribution < 1.29 is 46.5 Å². The maximum absolute atomic E-state index is 16.4. The Labute approximate surface area is 253 Å². The molecule has 3 aromatic rings. The van der Waals surface area contributed by atoms with Crippen LogP contribution in [-0.4, -0.2) is 75.0 Å². The molecular formula is C27H39F2N6O8P. The smallest absolute Gasteiger partial charge is 0.459 e. The Bertz CT molecular complexity index is 1440. The van der Waals surface area contributed by atoms with E-state index in [2.05, 4.69) is 20.0 Å². The molecule has 3 rings (SSSR count). The van der Waals surface area contributed by atoms with Crippen LogP contribution in [0.15, 0.2) is 36.7 Å². The molecule has 0 aliphatic carbocycles. The van der Waals surface area contributed by atoms with Gasteiger partial charge in [0.15, 0.2) is 17.3 Å². The number of benzene rings is 1. The zero-order valence-corrected chi connectivity index (χ0v) is 26.3. The highest BCUT2D eigenvalue weighted by Crippen LogP contribution is 2.47. The number of hydrogen-bond donors (Lipinski definition) is 3. The fraction of sp³-hybridized carbons (Fsp3) is 0.556. The van der Waals surface area contributed by atoms with Gasteiger partial charge in [-0.15, -0.1) is 0 Å². The van der Waals surface area contributed by atoms with Gasteiger partial charge in [-0.05, 0) is 45.7 Å². The number of nitrogens with zero attached hydrogens (tertiary/aromatic N) is 4. The van der Waals surface area contributed by atoms with Gasteiger partial charge in [-0.1, -0.05) is 32.0 Å². The summed E-state index contributed by atoms with van der Waals surface area (Å²) < 4.78 is 73.8. The third kappa shape index (κ3) is 7.99. The van der Waals surface area contributed by atoms with Crippen LogP contribution in [0.4, 0.5) is 14.7 Å². The Morgan fingerprint density at radius 2 is 1.84 bits per heavy atom. The molecule has 44 heavy (non-hydrogen) atoms. The number of aliphatic hydroxyl groups excluding tert-OH is 1. The van der Waals surface area contributed by atoms with E-state index in [9.17, 15) is 14.5 Å². The lowest BCUT2D eigenvalue weighted by atomic mass is 10.0. The number of rotatable bonds is 17. The standard InChI is InChI=1S/C27H39F2N6O8P/c1-7-18(8-2)42-23(36)17(4)34-44(38,43-19-13-11-10-12-14-19)41-15-27(29,39-6)24(37)26(5,28)35-16-31-20-21(35)32-25(30)33-22(20)40-9-3/h10-14,16-18,24,37H,7-9,15H2,1-6H3,(H,34,38)(H2,30,32,33). The number of halogens is 2. The molecule has 0 spiro atoms. The average Bonchev–Trinajstić information content (AvgIpc) is 3.43. The van der Waals surface area contributed by atoms with Crippen LogP contribution in [0.2, 0.25) is 0 Å². The Hall–Kier alpha value is -3.43. The van der Waals surface area contributed by atoms with Crippen LogP contribution < -0.4 is 20.1 Å². The Balaban J connectivity index is 1.90. The number of ether oxygens (including phenoxy) is 3. The molecule has 1 aromatic carbocycles. The van der Waals surface area contributed by atoms with Crippen molar-refractivity contribution in [2.24, 2.45) is 0 Å². The highest BCUT2D eigenvalue weighted by atomic mass is 31.2. The van der Waals surface area contributed by atoms with Crippen LogP contribution in [0.5, 0.6) is 11.6 Å². The molecule has 17 heteroatoms. The first kappa shape index (κ1) is 35.1. The van der Waals surface area contributed by atoms with Gasteiger partial charge in [-0.25, -0.2) is 18.3 Å². The third-order valence-electron chi connectivity index (χ3n) is 6.68. The van der Waals surface area contributed by atoms with E-state index in [0.717, 1.165) is 24.9 Å². The topological polar surface area (TPSA) is 182 Å². The second-order valence-electron chi connectivity index (χ2n) is 9.93. The SMILES string of the molecule is CCOc1nc(N)nc2c1ncn2C(C)(F)C(O)C(F)(COP(=O)(NC(C)C(=O)OC(CC)CC)Oc1ccccc1)OC. The van der Waals surface area contributed by atoms with Gasteiger partial charge < -0.3 is 29.6 Å². The number of nitrogen functional groups attached to an aromatic ring is 1. The number of aliphatic hydroxyl groups is 1. The minimum Gasteiger partial charge on any atom is -0.476 e. The number of alkyl halides is 2. The maximum Gasteiger partial charge on any atom is 0.459 e. The highest BCUT2D eigenvalue weighted by Gasteiger charge is 2.54. The predicted molar refractivity (Wildman–Crippen MR) is 156 cm³/mol. The molecule has 5 unspecified atom stereocenters. The summed E-state index contributed by atoms with van der Waals surface area (Å²) in [6.07, 6.45) is -0.944. The molecule has 0 aliphatic heterocycles. The number of anilines is 1. The molecule has 0 saturated heterocycles. The van der Waals surface area contributed by atoms with Crippen LogP contribution >= 0.6 is 7.75 Å². The molecule has 0 fully saturated rings. The van der Waals surface area contributed by atoms with E-state index in [1.54, 1.807) is 25.1 Å². The lowest BCUT2D eigenvalue weighted by Gasteiger charge is -2.37. The van der Waals surface area contributed by atoms with Gasteiger partial charge in [0.2, 0.25) is 17.6 Å². The van der Waals surface area contributed by atoms with E-state index in [-0.39, 0.29) is 41.5 Å². The summed E-state index contributed by atoms with van der Waals surface area (Å²) in [6.45, 7) is 6.45. The number of methoxy groups -OCH3 is 1. The number of nitrogens with two attached hydrogens (primary N) is 1. The van der Waals surface area contributed by atoms with Crippen molar-refractivity contribution in [1.29, 1.82) is 0 Å². The Morgan fingerprint density at radius 1 is 1.18 bits per heavy atom. The zero-order valence-electron chi connectivity index (χ0n) is 25.4. The average molecular weight is 645 g/mol. The highest BCUT2D eigenvalue weighted by molar-refractivity contribution is 7.52. The third-order valence-corrected chi connectivity index (χ3v) is 8.30. The quantitative estimate of drug-likeness (QED) is 0.142. The van der Waals surface area contributed by atoms with Crippen molar-refractivity contribution in [2.45, 2.75) is 77.4 Å². The lowest BCUT2D eigenvalue weighted by molar-refractivity contribution is -0.253. The molecule has 2 aromatic heterocycles. The van der Waals surface area contributed by atoms with E-state index in [4.69, 9.17) is 29.0 Å². The number of imidazole rings is 1. The van der Waals surface area contributed by atoms with Gasteiger partial charge >= 0.3 is 13.7 Å². The molecule has 0 aliphatic rings. The van der Waals surface area contributed by atoms with Crippen molar-refractivity contribution in [3.63, 3.8) is 0 Å². The van der Waals surface area contributed by atoms with Crippen LogP contribution in [0, 0.1) is 0 Å². The van der Waals surface area contributed by atoms with E-state index < -0.39 is 44.1 Å². The summed E-state index contributed by atoms with van der Waals surface area (Å²) in [5, 5.41) is 13.5. The molecule has 14 nitrogen and oxygen atoms in total. The van der Waals surface area contributed by atoms with Crippen LogP contribution in [0.3, 0.4) is 0 Å². The number of para-hydroxylation sites is 1. The molecule has 5 atom stereocenters. The van der Waals surface area contributed by atoms with E-state index in [1.165, 1.54) is 19.1 Å². The van der Waals surface area contributed by atoms with Crippen LogP contribution in [-0.2, 0) is 29.1 Å². The number of nitrogens with one attached hydrogen (secondary N) is 1. The van der Waals surface area contributed by atoms with Gasteiger partial charge in [-0.3, -0.25) is 13.9 Å². The normalized spacial score (nSPS) is 17.3. The second kappa shape index (κ2) is 14.6. The van der Waals surface area contributed by atoms with Crippen molar-refractivity contribution in [1.82, 2.24) is 24.6 Å². The summed E-state index contributed by atoms with van der Waals surface area (Å²) in [4.78, 5) is 24.6. The first-order valence-electron chi connectivity index (χ1n) is 14.0. The molecule has 0 amide bonds. The predicted octanol–water partition coefficient (Wildman–Crippen LogP) is 4.04. The fourth-order valence-corrected chi connectivity index (χ4v) is 5.62. The van der Waals surface area contributed by atoms with Gasteiger partial charge in [0.25, 0.3) is 5.85 Å². The van der Waals surface area contributed by atoms with Gasteiger partial charge in [-0.2, -0.15) is 15.1 Å². The van der Waals surface area contributed by atoms with Gasteiger partial charge in [0.1, 0.15) is 24.5 Å². The molecule has 2 heterocycles. The monoisotopic (exact) mass is 644 g/mol. The Kier molecular flexibility index (Phi) is 11.6. The number of hydrogen-bond acceptors (Lipinski definition) is 12. The number of carbonyl (C=O) groups excluding carboxylic acids is 1. The van der Waals surface area contributed by atoms with Gasteiger partial charge in [0, 0.05) is 7.11 Å². The summed E-state index contributed by atoms with van der Waals surface area (Å²) in [5.74, 6) is -7.36. The number of aromatic nitrogens is 4. The van der Waals surface area contributed by atoms with Crippen molar-refractivity contribution in [3.05, 3.63) is 36.7 Å². The maximum atomic E-state index is 16.4. The second-order valence-corrected chi connectivity index (χ2v) is 11.6.